The van der Waals surface area contributed by atoms with E-state index in [0.717, 1.165) is 0 Å². The molecule has 0 aromatic rings. The Morgan fingerprint density at radius 1 is 0.810 bits per heavy atom. The van der Waals surface area contributed by atoms with Crippen LogP contribution in [0.2, 0.25) is 0 Å². The SMILES string of the molecule is CCCCC1=[C]([Zr+2][C]2=C(CCCC)C=CC2)CC=C1.[Br-].[Br-]. The molecule has 3 heteroatoms. The van der Waals surface area contributed by atoms with Crippen molar-refractivity contribution in [2.75, 3.05) is 0 Å². The Bertz CT molecular complexity index is 390. The molecule has 0 aliphatic heterocycles. The smallest absolute Gasteiger partial charge is 1.00 e. The van der Waals surface area contributed by atoms with Crippen molar-refractivity contribution in [1.82, 2.24) is 0 Å². The molecule has 0 radical (unpaired) electrons. The Morgan fingerprint density at radius 3 is 1.62 bits per heavy atom. The second-order valence-electron chi connectivity index (χ2n) is 5.55. The molecule has 0 nitrogen and oxygen atoms in total. The van der Waals surface area contributed by atoms with Crippen molar-refractivity contribution in [1.29, 1.82) is 0 Å². The number of halogens is 2. The molecule has 0 spiro atoms. The summed E-state index contributed by atoms with van der Waals surface area (Å²) in [6, 6.07) is 0. The van der Waals surface area contributed by atoms with Gasteiger partial charge in [0.15, 0.2) is 0 Å². The summed E-state index contributed by atoms with van der Waals surface area (Å²) in [6.07, 6.45) is 20.2. The van der Waals surface area contributed by atoms with Crippen molar-refractivity contribution in [3.63, 3.8) is 0 Å². The van der Waals surface area contributed by atoms with E-state index in [0.29, 0.717) is 0 Å². The van der Waals surface area contributed by atoms with Crippen molar-refractivity contribution >= 4 is 0 Å². The van der Waals surface area contributed by atoms with E-state index in [-0.39, 0.29) is 34.0 Å². The van der Waals surface area contributed by atoms with Crippen LogP contribution in [0.4, 0.5) is 0 Å². The third kappa shape index (κ3) is 6.84. The Morgan fingerprint density at radius 2 is 1.24 bits per heavy atom. The van der Waals surface area contributed by atoms with Gasteiger partial charge in [-0.05, 0) is 0 Å². The first-order chi connectivity index (χ1) is 9.35. The fourth-order valence-electron chi connectivity index (χ4n) is 2.75. The topological polar surface area (TPSA) is 0 Å². The Balaban J connectivity index is 0.00000200. The van der Waals surface area contributed by atoms with E-state index in [1.165, 1.54) is 51.4 Å². The van der Waals surface area contributed by atoms with Gasteiger partial charge in [0, 0.05) is 0 Å². The fourth-order valence-corrected chi connectivity index (χ4v) is 6.54. The van der Waals surface area contributed by atoms with E-state index >= 15 is 0 Å². The molecular formula is C18H26Br2Zr. The monoisotopic (exact) mass is 490 g/mol. The molecule has 2 aliphatic carbocycles. The second-order valence-corrected chi connectivity index (χ2v) is 9.13. The quantitative estimate of drug-likeness (QED) is 0.443. The normalized spacial score (nSPS) is 16.1. The van der Waals surface area contributed by atoms with Gasteiger partial charge >= 0.3 is 130 Å². The minimum Gasteiger partial charge on any atom is -1.00 e. The van der Waals surface area contributed by atoms with Crippen LogP contribution in [0.15, 0.2) is 42.0 Å². The van der Waals surface area contributed by atoms with Crippen LogP contribution in [-0.2, 0) is 23.2 Å². The molecule has 0 N–H and O–H groups in total. The molecule has 0 saturated carbocycles. The number of hydrogen-bond acceptors (Lipinski definition) is 0. The summed E-state index contributed by atoms with van der Waals surface area (Å²) in [5.74, 6) is 0. The van der Waals surface area contributed by atoms with Crippen molar-refractivity contribution in [3.8, 4) is 0 Å². The average molecular weight is 493 g/mol. The summed E-state index contributed by atoms with van der Waals surface area (Å²) in [7, 11) is 0. The summed E-state index contributed by atoms with van der Waals surface area (Å²) >= 11 is -0.463. The maximum absolute atomic E-state index is 2.42. The maximum atomic E-state index is 2.42. The van der Waals surface area contributed by atoms with Crippen LogP contribution in [0.5, 0.6) is 0 Å². The molecule has 2 aliphatic rings. The van der Waals surface area contributed by atoms with E-state index in [4.69, 9.17) is 0 Å². The largest absolute Gasteiger partial charge is 1.00 e. The second kappa shape index (κ2) is 12.3. The van der Waals surface area contributed by atoms with Crippen LogP contribution in [0.3, 0.4) is 0 Å². The van der Waals surface area contributed by atoms with Gasteiger partial charge in [0.25, 0.3) is 0 Å². The summed E-state index contributed by atoms with van der Waals surface area (Å²) in [6.45, 7) is 4.59. The Labute approximate surface area is 163 Å². The molecule has 0 atom stereocenters. The molecule has 0 saturated heterocycles. The number of hydrogen-bond donors (Lipinski definition) is 0. The van der Waals surface area contributed by atoms with Crippen molar-refractivity contribution < 1.29 is 57.2 Å². The Hall–Kier alpha value is 0.803. The molecule has 0 aromatic heterocycles. The minimum absolute atomic E-state index is 0. The zero-order valence-corrected chi connectivity index (χ0v) is 18.9. The molecule has 0 heterocycles. The molecule has 0 unspecified atom stereocenters. The predicted octanol–water partition coefficient (Wildman–Crippen LogP) is -0.115. The van der Waals surface area contributed by atoms with Gasteiger partial charge in [0.1, 0.15) is 0 Å². The van der Waals surface area contributed by atoms with E-state index in [1.54, 1.807) is 11.1 Å². The van der Waals surface area contributed by atoms with Gasteiger partial charge in [0.05, 0.1) is 0 Å². The number of rotatable bonds is 8. The fraction of sp³-hybridized carbons (Fsp3) is 0.556. The molecule has 0 fully saturated rings. The van der Waals surface area contributed by atoms with Crippen LogP contribution in [0, 0.1) is 0 Å². The maximum Gasteiger partial charge on any atom is -1.00 e. The number of unbranched alkanes of at least 4 members (excludes halogenated alkanes) is 2. The van der Waals surface area contributed by atoms with E-state index in [1.807, 2.05) is 6.56 Å². The molecule has 0 amide bonds. The van der Waals surface area contributed by atoms with Gasteiger partial charge in [-0.2, -0.15) is 0 Å². The molecule has 0 aromatic carbocycles. The average Bonchev–Trinajstić information content (AvgIpc) is 3.04. The first kappa shape index (κ1) is 21.8. The van der Waals surface area contributed by atoms with Crippen LogP contribution in [-0.4, -0.2) is 0 Å². The number of allylic oxidation sites excluding steroid dienone is 8. The molecular weight excluding hydrogens is 467 g/mol. The summed E-state index contributed by atoms with van der Waals surface area (Å²) in [4.78, 5) is 0. The van der Waals surface area contributed by atoms with Crippen molar-refractivity contribution in [2.24, 2.45) is 0 Å². The van der Waals surface area contributed by atoms with Crippen LogP contribution in [0.25, 0.3) is 0 Å². The van der Waals surface area contributed by atoms with Crippen LogP contribution >= 0.6 is 0 Å². The van der Waals surface area contributed by atoms with Gasteiger partial charge in [0.2, 0.25) is 0 Å². The molecule has 0 bridgehead atoms. The first-order valence-corrected chi connectivity index (χ1v) is 10.3. The molecule has 2 rings (SSSR count). The van der Waals surface area contributed by atoms with E-state index in [9.17, 15) is 0 Å². The van der Waals surface area contributed by atoms with Crippen molar-refractivity contribution in [2.45, 2.75) is 65.2 Å². The van der Waals surface area contributed by atoms with Gasteiger partial charge in [-0.1, -0.05) is 0 Å². The predicted molar refractivity (Wildman–Crippen MR) is 80.6 cm³/mol. The zero-order valence-electron chi connectivity index (χ0n) is 13.2. The standard InChI is InChI=1S/2C9H13.2BrH.Zr/c2*1-2-3-6-9-7-4-5-8-9;;;/h2*4,7H,2-3,5-6H2,1H3;2*1H;/q;;;;+2/p-2. The van der Waals surface area contributed by atoms with Crippen molar-refractivity contribution in [3.05, 3.63) is 42.0 Å². The first-order valence-electron chi connectivity index (χ1n) is 7.89. The summed E-state index contributed by atoms with van der Waals surface area (Å²) in [5.41, 5.74) is 3.42. The van der Waals surface area contributed by atoms with E-state index in [2.05, 4.69) is 38.2 Å². The van der Waals surface area contributed by atoms with Crippen LogP contribution < -0.4 is 34.0 Å². The summed E-state index contributed by atoms with van der Waals surface area (Å²) < 4.78 is 3.73. The van der Waals surface area contributed by atoms with Gasteiger partial charge in [-0.3, -0.25) is 0 Å². The Kier molecular flexibility index (Phi) is 12.7. The van der Waals surface area contributed by atoms with Gasteiger partial charge in [-0.25, -0.2) is 0 Å². The van der Waals surface area contributed by atoms with Gasteiger partial charge < -0.3 is 34.0 Å². The van der Waals surface area contributed by atoms with Crippen LogP contribution in [0.1, 0.15) is 65.2 Å². The summed E-state index contributed by atoms with van der Waals surface area (Å²) in [5, 5.41) is 0. The molecule has 21 heavy (non-hydrogen) atoms. The third-order valence-electron chi connectivity index (χ3n) is 3.96. The minimum atomic E-state index is -0.463. The zero-order chi connectivity index (χ0) is 13.5. The van der Waals surface area contributed by atoms with E-state index < -0.39 is 23.2 Å². The van der Waals surface area contributed by atoms with Gasteiger partial charge in [-0.15, -0.1) is 0 Å². The molecule has 116 valence electrons. The third-order valence-corrected chi connectivity index (χ3v) is 8.02.